The number of amides is 1. The van der Waals surface area contributed by atoms with Crippen molar-refractivity contribution in [1.82, 2.24) is 9.88 Å². The monoisotopic (exact) mass is 538 g/mol. The molecular formula is C28H24ClFN2O4S. The highest BCUT2D eigenvalue weighted by Crippen LogP contribution is 2.37. The van der Waals surface area contributed by atoms with E-state index in [9.17, 15) is 18.3 Å². The lowest BCUT2D eigenvalue weighted by Gasteiger charge is -2.39. The number of para-hydroxylation sites is 1. The lowest BCUT2D eigenvalue weighted by molar-refractivity contribution is -0.0210. The van der Waals surface area contributed by atoms with Crippen LogP contribution in [0.5, 0.6) is 0 Å². The molecule has 1 aromatic heterocycles. The maximum Gasteiger partial charge on any atom is 0.253 e. The van der Waals surface area contributed by atoms with E-state index in [0.29, 0.717) is 34.3 Å². The van der Waals surface area contributed by atoms with Gasteiger partial charge in [0.15, 0.2) is 9.84 Å². The number of likely N-dealkylation sites (tertiary alicyclic amines) is 1. The largest absolute Gasteiger partial charge is 0.385 e. The van der Waals surface area contributed by atoms with Crippen molar-refractivity contribution in [3.8, 4) is 0 Å². The molecule has 0 unspecified atom stereocenters. The Bertz CT molecular complexity index is 1600. The van der Waals surface area contributed by atoms with Crippen LogP contribution in [-0.2, 0) is 21.2 Å². The number of sulfone groups is 1. The Hall–Kier alpha value is -3.33. The van der Waals surface area contributed by atoms with Gasteiger partial charge in [-0.1, -0.05) is 54.1 Å². The summed E-state index contributed by atoms with van der Waals surface area (Å²) in [6, 6.07) is 19.3. The number of piperidine rings is 1. The molecule has 3 aromatic carbocycles. The molecule has 1 N–H and O–H groups in total. The van der Waals surface area contributed by atoms with E-state index in [0.717, 1.165) is 6.07 Å². The van der Waals surface area contributed by atoms with Crippen molar-refractivity contribution >= 4 is 38.2 Å². The maximum atomic E-state index is 15.0. The van der Waals surface area contributed by atoms with Gasteiger partial charge in [0.25, 0.3) is 5.91 Å². The van der Waals surface area contributed by atoms with Gasteiger partial charge in [0.1, 0.15) is 5.82 Å². The summed E-state index contributed by atoms with van der Waals surface area (Å²) in [5, 5.41) is 12.2. The lowest BCUT2D eigenvalue weighted by atomic mass is 9.84. The number of fused-ring (bicyclic) bond motifs is 1. The Balaban J connectivity index is 1.31. The average Bonchev–Trinajstić information content (AvgIpc) is 2.89. The van der Waals surface area contributed by atoms with E-state index in [1.807, 2.05) is 0 Å². The summed E-state index contributed by atoms with van der Waals surface area (Å²) < 4.78 is 41.3. The number of nitrogens with zero attached hydrogens (tertiary/aromatic N) is 2. The maximum absolute atomic E-state index is 15.0. The van der Waals surface area contributed by atoms with Crippen LogP contribution < -0.4 is 0 Å². The van der Waals surface area contributed by atoms with Crippen LogP contribution in [0.3, 0.4) is 0 Å². The molecule has 1 amide bonds. The van der Waals surface area contributed by atoms with Crippen molar-refractivity contribution in [1.29, 1.82) is 0 Å². The number of halogens is 2. The SMILES string of the molecule is O=C(c1ccc(CS(=O)(=O)c2cccc3cccnc23)c(F)c1)N1CCC(O)(c2ccccc2Cl)CC1. The number of rotatable bonds is 5. The van der Waals surface area contributed by atoms with Gasteiger partial charge in [0.05, 0.1) is 21.8 Å². The molecule has 1 saturated heterocycles. The minimum atomic E-state index is -3.90. The second-order valence-corrected chi connectivity index (χ2v) is 11.6. The fraction of sp³-hybridized carbons (Fsp3) is 0.214. The number of pyridine rings is 1. The van der Waals surface area contributed by atoms with Crippen molar-refractivity contribution < 1.29 is 22.7 Å². The van der Waals surface area contributed by atoms with Gasteiger partial charge in [-0.2, -0.15) is 0 Å². The Morgan fingerprint density at radius 1 is 1.03 bits per heavy atom. The molecule has 6 nitrogen and oxygen atoms in total. The zero-order chi connectivity index (χ0) is 26.2. The Labute approximate surface area is 219 Å². The molecule has 1 aliphatic rings. The highest BCUT2D eigenvalue weighted by molar-refractivity contribution is 7.90. The molecule has 1 aliphatic heterocycles. The summed E-state index contributed by atoms with van der Waals surface area (Å²) in [7, 11) is -3.90. The molecule has 190 valence electrons. The molecule has 0 saturated carbocycles. The van der Waals surface area contributed by atoms with Gasteiger partial charge in [-0.25, -0.2) is 12.8 Å². The molecule has 0 aliphatic carbocycles. The van der Waals surface area contributed by atoms with Crippen LogP contribution in [0.1, 0.15) is 34.3 Å². The second kappa shape index (κ2) is 9.85. The molecular weight excluding hydrogens is 515 g/mol. The summed E-state index contributed by atoms with van der Waals surface area (Å²) in [4.78, 5) is 18.8. The molecule has 0 atom stereocenters. The van der Waals surface area contributed by atoms with Gasteiger partial charge in [-0.05, 0) is 43.2 Å². The first-order valence-electron chi connectivity index (χ1n) is 11.8. The first kappa shape index (κ1) is 25.3. The highest BCUT2D eigenvalue weighted by atomic mass is 35.5. The fourth-order valence-electron chi connectivity index (χ4n) is 4.78. The lowest BCUT2D eigenvalue weighted by Crippen LogP contribution is -2.45. The summed E-state index contributed by atoms with van der Waals surface area (Å²) in [6.45, 7) is 0.540. The summed E-state index contributed by atoms with van der Waals surface area (Å²) in [5.41, 5.74) is -0.0968. The Morgan fingerprint density at radius 2 is 1.76 bits per heavy atom. The van der Waals surface area contributed by atoms with Crippen molar-refractivity contribution in [3.05, 3.63) is 107 Å². The van der Waals surface area contributed by atoms with Gasteiger partial charge < -0.3 is 10.0 Å². The van der Waals surface area contributed by atoms with Crippen molar-refractivity contribution in [2.45, 2.75) is 29.1 Å². The van der Waals surface area contributed by atoms with E-state index in [-0.39, 0.29) is 35.0 Å². The van der Waals surface area contributed by atoms with Crippen molar-refractivity contribution in [3.63, 3.8) is 0 Å². The summed E-state index contributed by atoms with van der Waals surface area (Å²) >= 11 is 6.26. The molecule has 9 heteroatoms. The molecule has 2 heterocycles. The van der Waals surface area contributed by atoms with Gasteiger partial charge in [0.2, 0.25) is 0 Å². The van der Waals surface area contributed by atoms with Crippen LogP contribution >= 0.6 is 11.6 Å². The third kappa shape index (κ3) is 4.97. The third-order valence-corrected chi connectivity index (χ3v) is 8.85. The topological polar surface area (TPSA) is 87.6 Å². The standard InChI is InChI=1S/C28H24ClFN2O4S/c29-23-8-2-1-7-22(23)28(34)12-15-32(16-13-28)27(33)20-10-11-21(24(30)17-20)18-37(35,36)25-9-3-5-19-6-4-14-31-26(19)25/h1-11,14,17,34H,12-13,15-16,18H2. The molecule has 5 rings (SSSR count). The number of hydrogen-bond donors (Lipinski definition) is 1. The summed E-state index contributed by atoms with van der Waals surface area (Å²) in [6.07, 6.45) is 2.10. The third-order valence-electron chi connectivity index (χ3n) is 6.83. The van der Waals surface area contributed by atoms with Gasteiger partial charge in [-0.15, -0.1) is 0 Å². The van der Waals surface area contributed by atoms with Crippen molar-refractivity contribution in [2.75, 3.05) is 13.1 Å². The quantitative estimate of drug-likeness (QED) is 0.381. The zero-order valence-electron chi connectivity index (χ0n) is 19.8. The van der Waals surface area contributed by atoms with Gasteiger partial charge in [-0.3, -0.25) is 9.78 Å². The van der Waals surface area contributed by atoms with Crippen LogP contribution in [0.2, 0.25) is 5.02 Å². The van der Waals surface area contributed by atoms with Crippen LogP contribution in [0.4, 0.5) is 4.39 Å². The minimum Gasteiger partial charge on any atom is -0.385 e. The number of benzene rings is 3. The van der Waals surface area contributed by atoms with Crippen LogP contribution in [0.15, 0.2) is 83.9 Å². The molecule has 37 heavy (non-hydrogen) atoms. The van der Waals surface area contributed by atoms with Gasteiger partial charge in [0, 0.05) is 46.4 Å². The zero-order valence-corrected chi connectivity index (χ0v) is 21.3. The molecule has 1 fully saturated rings. The molecule has 0 spiro atoms. The predicted molar refractivity (Wildman–Crippen MR) is 140 cm³/mol. The Kier molecular flexibility index (Phi) is 6.74. The van der Waals surface area contributed by atoms with E-state index in [1.54, 1.807) is 53.4 Å². The molecule has 4 aromatic rings. The van der Waals surface area contributed by atoms with E-state index >= 15 is 4.39 Å². The number of aromatic nitrogens is 1. The smallest absolute Gasteiger partial charge is 0.253 e. The minimum absolute atomic E-state index is 0.0313. The average molecular weight is 539 g/mol. The molecule has 0 bridgehead atoms. The van der Waals surface area contributed by atoms with Gasteiger partial charge >= 0.3 is 0 Å². The highest BCUT2D eigenvalue weighted by Gasteiger charge is 2.37. The number of carbonyl (C=O) groups is 1. The van der Waals surface area contributed by atoms with E-state index < -0.39 is 27.0 Å². The number of carbonyl (C=O) groups excluding carboxylic acids is 1. The second-order valence-electron chi connectivity index (χ2n) is 9.20. The fourth-order valence-corrected chi connectivity index (χ4v) is 6.64. The first-order chi connectivity index (χ1) is 17.7. The predicted octanol–water partition coefficient (Wildman–Crippen LogP) is 5.13. The van der Waals surface area contributed by atoms with Crippen LogP contribution in [0.25, 0.3) is 10.9 Å². The number of aliphatic hydroxyl groups is 1. The van der Waals surface area contributed by atoms with Crippen LogP contribution in [-0.4, -0.2) is 42.4 Å². The first-order valence-corrected chi connectivity index (χ1v) is 13.8. The summed E-state index contributed by atoms with van der Waals surface area (Å²) in [5.74, 6) is -1.71. The van der Waals surface area contributed by atoms with Crippen molar-refractivity contribution in [2.24, 2.45) is 0 Å². The van der Waals surface area contributed by atoms with Crippen LogP contribution in [0, 0.1) is 5.82 Å². The van der Waals surface area contributed by atoms with E-state index in [4.69, 9.17) is 11.6 Å². The molecule has 0 radical (unpaired) electrons. The normalized spacial score (nSPS) is 15.6. The van der Waals surface area contributed by atoms with E-state index in [1.165, 1.54) is 24.4 Å². The van der Waals surface area contributed by atoms with E-state index in [2.05, 4.69) is 4.98 Å². The number of hydrogen-bond acceptors (Lipinski definition) is 5. The Morgan fingerprint density at radius 3 is 2.49 bits per heavy atom.